The summed E-state index contributed by atoms with van der Waals surface area (Å²) < 4.78 is 8.21. The van der Waals surface area contributed by atoms with Crippen LogP contribution in [0.25, 0.3) is 11.0 Å². The Labute approximate surface area is 189 Å². The molecule has 0 aliphatic carbocycles. The molecule has 3 rings (SSSR count). The summed E-state index contributed by atoms with van der Waals surface area (Å²) in [6, 6.07) is 13.9. The minimum absolute atomic E-state index is 0.0716. The number of rotatable bonds is 11. The molecule has 164 valence electrons. The minimum atomic E-state index is -0.0716. The number of nitrogens with one attached hydrogen (secondary N) is 1. The van der Waals surface area contributed by atoms with E-state index in [1.165, 1.54) is 0 Å². The van der Waals surface area contributed by atoms with Gasteiger partial charge in [0.25, 0.3) is 0 Å². The van der Waals surface area contributed by atoms with Gasteiger partial charge in [0, 0.05) is 23.6 Å². The highest BCUT2D eigenvalue weighted by molar-refractivity contribution is 6.31. The first kappa shape index (κ1) is 22.9. The Kier molecular flexibility index (Phi) is 8.13. The SMILES string of the molecule is C=C(C)C(=O)NCCCCCc1nc2ccccc2n1CCOc1ccc(Cl)c(C)c1. The van der Waals surface area contributed by atoms with Crippen LogP contribution in [0.3, 0.4) is 0 Å². The molecular formula is C25H30ClN3O2. The van der Waals surface area contributed by atoms with Crippen molar-refractivity contribution < 1.29 is 9.53 Å². The van der Waals surface area contributed by atoms with Gasteiger partial charge >= 0.3 is 0 Å². The Balaban J connectivity index is 1.56. The molecule has 31 heavy (non-hydrogen) atoms. The number of amides is 1. The van der Waals surface area contributed by atoms with Gasteiger partial charge < -0.3 is 14.6 Å². The molecule has 3 aromatic rings. The number of hydrogen-bond acceptors (Lipinski definition) is 3. The molecule has 1 amide bonds. The average molecular weight is 440 g/mol. The number of carbonyl (C=O) groups excluding carboxylic acids is 1. The van der Waals surface area contributed by atoms with Crippen LogP contribution < -0.4 is 10.1 Å². The first-order chi connectivity index (χ1) is 15.0. The lowest BCUT2D eigenvalue weighted by molar-refractivity contribution is -0.117. The number of nitrogens with zero attached hydrogens (tertiary/aromatic N) is 2. The predicted octanol–water partition coefficient (Wildman–Crippen LogP) is 5.48. The third kappa shape index (κ3) is 6.34. The maximum absolute atomic E-state index is 11.5. The Morgan fingerprint density at radius 2 is 2.00 bits per heavy atom. The Bertz CT molecular complexity index is 1060. The van der Waals surface area contributed by atoms with Crippen LogP contribution in [-0.4, -0.2) is 28.6 Å². The van der Waals surface area contributed by atoms with E-state index in [1.54, 1.807) is 6.92 Å². The number of aryl methyl sites for hydroxylation is 2. The third-order valence-corrected chi connectivity index (χ3v) is 5.62. The molecule has 5 nitrogen and oxygen atoms in total. The summed E-state index contributed by atoms with van der Waals surface area (Å²) in [5.41, 5.74) is 3.69. The van der Waals surface area contributed by atoms with Crippen LogP contribution >= 0.6 is 11.6 Å². The molecule has 0 bridgehead atoms. The number of halogens is 1. The second-order valence-corrected chi connectivity index (χ2v) is 8.18. The minimum Gasteiger partial charge on any atom is -0.492 e. The maximum atomic E-state index is 11.5. The van der Waals surface area contributed by atoms with E-state index in [1.807, 2.05) is 43.3 Å². The number of unbranched alkanes of at least 4 members (excludes halogenated alkanes) is 2. The van der Waals surface area contributed by atoms with Gasteiger partial charge in [-0.2, -0.15) is 0 Å². The third-order valence-electron chi connectivity index (χ3n) is 5.20. The second-order valence-electron chi connectivity index (χ2n) is 7.77. The Morgan fingerprint density at radius 1 is 1.19 bits per heavy atom. The zero-order chi connectivity index (χ0) is 22.2. The van der Waals surface area contributed by atoms with Crippen molar-refractivity contribution in [1.82, 2.24) is 14.9 Å². The van der Waals surface area contributed by atoms with Gasteiger partial charge in [-0.15, -0.1) is 0 Å². The van der Waals surface area contributed by atoms with Crippen LogP contribution in [0.5, 0.6) is 5.75 Å². The lowest BCUT2D eigenvalue weighted by Gasteiger charge is -2.12. The molecule has 0 atom stereocenters. The van der Waals surface area contributed by atoms with Crippen LogP contribution in [0.4, 0.5) is 0 Å². The van der Waals surface area contributed by atoms with Gasteiger partial charge in [0.1, 0.15) is 18.2 Å². The molecule has 6 heteroatoms. The largest absolute Gasteiger partial charge is 0.492 e. The van der Waals surface area contributed by atoms with Crippen molar-refractivity contribution in [3.05, 3.63) is 71.0 Å². The van der Waals surface area contributed by atoms with E-state index < -0.39 is 0 Å². The van der Waals surface area contributed by atoms with Crippen molar-refractivity contribution >= 4 is 28.5 Å². The quantitative estimate of drug-likeness (QED) is 0.318. The van der Waals surface area contributed by atoms with Crippen LogP contribution in [0.15, 0.2) is 54.6 Å². The first-order valence-corrected chi connectivity index (χ1v) is 11.1. The van der Waals surface area contributed by atoms with E-state index in [2.05, 4.69) is 22.5 Å². The van der Waals surface area contributed by atoms with Crippen molar-refractivity contribution in [2.45, 2.75) is 46.1 Å². The van der Waals surface area contributed by atoms with Gasteiger partial charge in [-0.05, 0) is 62.6 Å². The molecule has 1 heterocycles. The summed E-state index contributed by atoms with van der Waals surface area (Å²) in [4.78, 5) is 16.4. The second kappa shape index (κ2) is 11.0. The number of benzene rings is 2. The molecule has 1 aromatic heterocycles. The fourth-order valence-corrected chi connectivity index (χ4v) is 3.58. The maximum Gasteiger partial charge on any atom is 0.246 e. The fraction of sp³-hybridized carbons (Fsp3) is 0.360. The highest BCUT2D eigenvalue weighted by Crippen LogP contribution is 2.22. The molecule has 0 spiro atoms. The highest BCUT2D eigenvalue weighted by atomic mass is 35.5. The molecule has 0 saturated heterocycles. The molecule has 2 aromatic carbocycles. The molecule has 0 radical (unpaired) electrons. The predicted molar refractivity (Wildman–Crippen MR) is 127 cm³/mol. The number of aromatic nitrogens is 2. The van der Waals surface area contributed by atoms with Crippen LogP contribution in [0.1, 0.15) is 37.6 Å². The number of ether oxygens (including phenoxy) is 1. The Hall–Kier alpha value is -2.79. The Morgan fingerprint density at radius 3 is 2.77 bits per heavy atom. The summed E-state index contributed by atoms with van der Waals surface area (Å²) in [5.74, 6) is 1.82. The summed E-state index contributed by atoms with van der Waals surface area (Å²) in [6.45, 7) is 9.31. The smallest absolute Gasteiger partial charge is 0.246 e. The number of hydrogen-bond donors (Lipinski definition) is 1. The van der Waals surface area contributed by atoms with Crippen molar-refractivity contribution in [3.8, 4) is 5.75 Å². The van der Waals surface area contributed by atoms with E-state index in [9.17, 15) is 4.79 Å². The van der Waals surface area contributed by atoms with Gasteiger partial charge in [-0.25, -0.2) is 4.98 Å². The van der Waals surface area contributed by atoms with Gasteiger partial charge in [0.15, 0.2) is 0 Å². The van der Waals surface area contributed by atoms with Crippen molar-refractivity contribution in [1.29, 1.82) is 0 Å². The van der Waals surface area contributed by atoms with Crippen molar-refractivity contribution in [3.63, 3.8) is 0 Å². The van der Waals surface area contributed by atoms with Gasteiger partial charge in [0.2, 0.25) is 5.91 Å². The highest BCUT2D eigenvalue weighted by Gasteiger charge is 2.10. The summed E-state index contributed by atoms with van der Waals surface area (Å²) in [7, 11) is 0. The lowest BCUT2D eigenvalue weighted by Crippen LogP contribution is -2.24. The number of fused-ring (bicyclic) bond motifs is 1. The normalized spacial score (nSPS) is 10.9. The van der Waals surface area contributed by atoms with Crippen molar-refractivity contribution in [2.75, 3.05) is 13.2 Å². The molecule has 0 unspecified atom stereocenters. The topological polar surface area (TPSA) is 56.2 Å². The monoisotopic (exact) mass is 439 g/mol. The van der Waals surface area contributed by atoms with Crippen LogP contribution in [0, 0.1) is 6.92 Å². The van der Waals surface area contributed by atoms with Gasteiger partial charge in [-0.1, -0.05) is 36.7 Å². The molecule has 0 aliphatic rings. The number of carbonyl (C=O) groups is 1. The van der Waals surface area contributed by atoms with Crippen molar-refractivity contribution in [2.24, 2.45) is 0 Å². The summed E-state index contributed by atoms with van der Waals surface area (Å²) in [6.07, 6.45) is 3.88. The fourth-order valence-electron chi connectivity index (χ4n) is 3.47. The van der Waals surface area contributed by atoms with E-state index in [0.29, 0.717) is 18.7 Å². The molecular weight excluding hydrogens is 410 g/mol. The summed E-state index contributed by atoms with van der Waals surface area (Å²) >= 11 is 6.10. The van der Waals surface area contributed by atoms with E-state index in [0.717, 1.165) is 65.4 Å². The van der Waals surface area contributed by atoms with Gasteiger partial charge in [-0.3, -0.25) is 4.79 Å². The van der Waals surface area contributed by atoms with Crippen LogP contribution in [0.2, 0.25) is 5.02 Å². The zero-order valence-corrected chi connectivity index (χ0v) is 19.0. The number of imidazole rings is 1. The molecule has 0 saturated carbocycles. The molecule has 0 aliphatic heterocycles. The van der Waals surface area contributed by atoms with E-state index >= 15 is 0 Å². The lowest BCUT2D eigenvalue weighted by atomic mass is 10.2. The number of para-hydroxylation sites is 2. The molecule has 1 N–H and O–H groups in total. The van der Waals surface area contributed by atoms with Crippen LogP contribution in [-0.2, 0) is 17.8 Å². The standard InChI is InChI=1S/C25H30ClN3O2/c1-18(2)25(30)27-14-8-4-5-11-24-28-22-9-6-7-10-23(22)29(24)15-16-31-20-12-13-21(26)19(3)17-20/h6-7,9-10,12-13,17H,1,4-5,8,11,14-16H2,2-3H3,(H,27,30). The van der Waals surface area contributed by atoms with Gasteiger partial charge in [0.05, 0.1) is 17.6 Å². The zero-order valence-electron chi connectivity index (χ0n) is 18.3. The first-order valence-electron chi connectivity index (χ1n) is 10.7. The van der Waals surface area contributed by atoms with E-state index in [-0.39, 0.29) is 5.91 Å². The average Bonchev–Trinajstić information content (AvgIpc) is 3.10. The van der Waals surface area contributed by atoms with E-state index in [4.69, 9.17) is 21.3 Å². The molecule has 0 fully saturated rings. The summed E-state index contributed by atoms with van der Waals surface area (Å²) in [5, 5.41) is 3.63.